The molecule has 2 unspecified atom stereocenters. The first kappa shape index (κ1) is 19.1. The lowest BCUT2D eigenvalue weighted by molar-refractivity contribution is -0.0328. The molecule has 1 aromatic carbocycles. The minimum atomic E-state index is -4.34. The Morgan fingerprint density at radius 3 is 2.75 bits per heavy atom. The average Bonchev–Trinajstić information content (AvgIpc) is 3.27. The summed E-state index contributed by atoms with van der Waals surface area (Å²) in [6, 6.07) is 12.0. The molecule has 28 heavy (non-hydrogen) atoms. The number of alkyl halides is 3. The van der Waals surface area contributed by atoms with Gasteiger partial charge in [0.05, 0.1) is 0 Å². The van der Waals surface area contributed by atoms with Crippen LogP contribution in [0.5, 0.6) is 0 Å². The summed E-state index contributed by atoms with van der Waals surface area (Å²) in [5.41, 5.74) is -3.19. The van der Waals surface area contributed by atoms with Crippen LogP contribution in [-0.4, -0.2) is 37.9 Å². The molecule has 0 radical (unpaired) electrons. The van der Waals surface area contributed by atoms with Crippen LogP contribution < -0.4 is 5.32 Å². The minimum absolute atomic E-state index is 0.100. The second kappa shape index (κ2) is 7.63. The molecule has 0 spiro atoms. The monoisotopic (exact) mass is 408 g/mol. The van der Waals surface area contributed by atoms with E-state index in [1.807, 2.05) is 12.1 Å². The fourth-order valence-electron chi connectivity index (χ4n) is 3.55. The van der Waals surface area contributed by atoms with E-state index in [1.165, 1.54) is 12.1 Å². The first-order valence-electron chi connectivity index (χ1n) is 9.00. The molecule has 148 valence electrons. The summed E-state index contributed by atoms with van der Waals surface area (Å²) < 4.78 is 39.6. The second-order valence-electron chi connectivity index (χ2n) is 6.89. The van der Waals surface area contributed by atoms with Crippen LogP contribution in [0.3, 0.4) is 0 Å². The van der Waals surface area contributed by atoms with Crippen molar-refractivity contribution in [2.75, 3.05) is 11.9 Å². The predicted octanol–water partition coefficient (Wildman–Crippen LogP) is 4.58. The number of aliphatic hydroxyl groups is 1. The number of pyridine rings is 1. The van der Waals surface area contributed by atoms with Gasteiger partial charge in [-0.2, -0.15) is 17.7 Å². The molecule has 4 rings (SSSR count). The summed E-state index contributed by atoms with van der Waals surface area (Å²) in [4.78, 5) is 4.57. The molecule has 0 aliphatic heterocycles. The third-order valence-corrected chi connectivity index (χ3v) is 5.56. The number of rotatable bonds is 5. The van der Waals surface area contributed by atoms with E-state index >= 15 is 0 Å². The maximum Gasteiger partial charge on any atom is 0.446 e. The molecule has 2 aromatic heterocycles. The minimum Gasteiger partial charge on any atom is -0.396 e. The molecule has 1 aliphatic carbocycles. The average molecular weight is 408 g/mol. The van der Waals surface area contributed by atoms with E-state index in [0.717, 1.165) is 25.1 Å². The smallest absolute Gasteiger partial charge is 0.396 e. The molecule has 9 heteroatoms. The largest absolute Gasteiger partial charge is 0.446 e. The van der Waals surface area contributed by atoms with Gasteiger partial charge in [-0.05, 0) is 61.2 Å². The highest BCUT2D eigenvalue weighted by atomic mass is 32.2. The van der Waals surface area contributed by atoms with Gasteiger partial charge in [0.1, 0.15) is 5.82 Å². The molecule has 0 amide bonds. The van der Waals surface area contributed by atoms with Gasteiger partial charge in [-0.25, -0.2) is 4.98 Å². The van der Waals surface area contributed by atoms with Crippen molar-refractivity contribution in [3.63, 3.8) is 0 Å². The molecule has 1 aliphatic rings. The Kier molecular flexibility index (Phi) is 5.20. The Morgan fingerprint density at radius 1 is 1.18 bits per heavy atom. The molecule has 2 atom stereocenters. The number of aliphatic hydroxyl groups excluding tert-OH is 1. The molecule has 3 aromatic rings. The van der Waals surface area contributed by atoms with E-state index in [1.54, 1.807) is 22.7 Å². The summed E-state index contributed by atoms with van der Waals surface area (Å²) in [7, 11) is 0. The lowest BCUT2D eigenvalue weighted by Gasteiger charge is -2.14. The van der Waals surface area contributed by atoms with Gasteiger partial charge in [0.15, 0.2) is 11.5 Å². The number of nitrogens with zero attached hydrogens (tertiary/aromatic N) is 3. The second-order valence-corrected chi connectivity index (χ2v) is 8.03. The van der Waals surface area contributed by atoms with E-state index in [2.05, 4.69) is 15.4 Å². The highest BCUT2D eigenvalue weighted by Crippen LogP contribution is 2.38. The van der Waals surface area contributed by atoms with E-state index in [4.69, 9.17) is 0 Å². The van der Waals surface area contributed by atoms with Gasteiger partial charge in [0, 0.05) is 23.1 Å². The van der Waals surface area contributed by atoms with E-state index in [9.17, 15) is 18.3 Å². The van der Waals surface area contributed by atoms with Crippen molar-refractivity contribution in [1.82, 2.24) is 14.6 Å². The van der Waals surface area contributed by atoms with E-state index in [-0.39, 0.29) is 29.3 Å². The lowest BCUT2D eigenvalue weighted by Crippen LogP contribution is -2.18. The molecule has 1 fully saturated rings. The van der Waals surface area contributed by atoms with Crippen LogP contribution in [0.1, 0.15) is 19.3 Å². The van der Waals surface area contributed by atoms with Crippen molar-refractivity contribution in [2.45, 2.75) is 35.7 Å². The summed E-state index contributed by atoms with van der Waals surface area (Å²) in [6.45, 7) is 0.197. The highest BCUT2D eigenvalue weighted by Gasteiger charge is 2.29. The third kappa shape index (κ3) is 4.25. The van der Waals surface area contributed by atoms with Gasteiger partial charge < -0.3 is 10.4 Å². The molecule has 0 saturated heterocycles. The normalized spacial score (nSPS) is 20.0. The Labute approximate surface area is 164 Å². The van der Waals surface area contributed by atoms with Crippen LogP contribution in [0.25, 0.3) is 17.0 Å². The molecular formula is C19H19F3N4OS. The van der Waals surface area contributed by atoms with Crippen molar-refractivity contribution in [1.29, 1.82) is 0 Å². The van der Waals surface area contributed by atoms with Gasteiger partial charge in [-0.15, -0.1) is 5.10 Å². The fraction of sp³-hybridized carbons (Fsp3) is 0.368. The van der Waals surface area contributed by atoms with Crippen molar-refractivity contribution >= 4 is 23.2 Å². The molecule has 2 heterocycles. The van der Waals surface area contributed by atoms with Gasteiger partial charge in [-0.1, -0.05) is 18.2 Å². The lowest BCUT2D eigenvalue weighted by atomic mass is 10.1. The van der Waals surface area contributed by atoms with Gasteiger partial charge in [-0.3, -0.25) is 0 Å². The number of hydrogen-bond donors (Lipinski definition) is 2. The number of thioether (sulfide) groups is 1. The molecular weight excluding hydrogens is 389 g/mol. The van der Waals surface area contributed by atoms with E-state index < -0.39 is 5.51 Å². The van der Waals surface area contributed by atoms with Crippen molar-refractivity contribution in [2.24, 2.45) is 5.92 Å². The zero-order chi connectivity index (χ0) is 19.7. The van der Waals surface area contributed by atoms with Crippen LogP contribution in [0.2, 0.25) is 0 Å². The number of anilines is 1. The topological polar surface area (TPSA) is 62.5 Å². The van der Waals surface area contributed by atoms with Gasteiger partial charge in [0.2, 0.25) is 0 Å². The zero-order valence-electron chi connectivity index (χ0n) is 14.9. The Bertz CT molecular complexity index is 975. The van der Waals surface area contributed by atoms with Gasteiger partial charge >= 0.3 is 5.51 Å². The van der Waals surface area contributed by atoms with Crippen molar-refractivity contribution in [3.05, 3.63) is 42.5 Å². The predicted molar refractivity (Wildman–Crippen MR) is 102 cm³/mol. The molecule has 0 bridgehead atoms. The first-order chi connectivity index (χ1) is 13.4. The molecule has 1 saturated carbocycles. The number of fused-ring (bicyclic) bond motifs is 1. The standard InChI is InChI=1S/C19H19F3N4OS/c20-19(21,22)28-15-4-1-3-13(10-15)18-24-17-6-2-5-16(26(17)25-18)23-14-8-7-12(9-14)11-27/h1-6,10,12,14,23,27H,7-9,11H2. The van der Waals surface area contributed by atoms with Crippen molar-refractivity contribution < 1.29 is 18.3 Å². The van der Waals surface area contributed by atoms with Crippen LogP contribution in [0, 0.1) is 5.92 Å². The Hall–Kier alpha value is -2.26. The first-order valence-corrected chi connectivity index (χ1v) is 9.82. The Balaban J connectivity index is 1.61. The summed E-state index contributed by atoms with van der Waals surface area (Å²) in [5, 5.41) is 17.3. The summed E-state index contributed by atoms with van der Waals surface area (Å²) in [5.74, 6) is 1.47. The van der Waals surface area contributed by atoms with Gasteiger partial charge in [0.25, 0.3) is 0 Å². The molecule has 5 nitrogen and oxygen atoms in total. The SMILES string of the molecule is OCC1CCC(Nc2cccc3nc(-c4cccc(SC(F)(F)F)c4)nn23)C1. The molecule has 2 N–H and O–H groups in total. The van der Waals surface area contributed by atoms with Crippen LogP contribution in [0.4, 0.5) is 19.0 Å². The fourth-order valence-corrected chi connectivity index (χ4v) is 4.15. The third-order valence-electron chi connectivity index (χ3n) is 4.84. The summed E-state index contributed by atoms with van der Waals surface area (Å²) >= 11 is -0.152. The Morgan fingerprint density at radius 2 is 2.00 bits per heavy atom. The number of halogens is 3. The quantitative estimate of drug-likeness (QED) is 0.605. The van der Waals surface area contributed by atoms with E-state index in [0.29, 0.717) is 23.0 Å². The van der Waals surface area contributed by atoms with Crippen LogP contribution >= 0.6 is 11.8 Å². The summed E-state index contributed by atoms with van der Waals surface area (Å²) in [6.07, 6.45) is 2.85. The number of hydrogen-bond acceptors (Lipinski definition) is 5. The number of aromatic nitrogens is 3. The van der Waals surface area contributed by atoms with Crippen molar-refractivity contribution in [3.8, 4) is 11.4 Å². The number of nitrogens with one attached hydrogen (secondary N) is 1. The highest BCUT2D eigenvalue weighted by molar-refractivity contribution is 8.00. The van der Waals surface area contributed by atoms with Crippen LogP contribution in [-0.2, 0) is 0 Å². The number of benzene rings is 1. The maximum absolute atomic E-state index is 12.6. The van der Waals surface area contributed by atoms with Crippen LogP contribution in [0.15, 0.2) is 47.4 Å². The zero-order valence-corrected chi connectivity index (χ0v) is 15.7. The maximum atomic E-state index is 12.6.